The van der Waals surface area contributed by atoms with Gasteiger partial charge in [-0.1, -0.05) is 29.8 Å². The molecule has 0 saturated carbocycles. The molecule has 1 N–H and O–H groups in total. The van der Waals surface area contributed by atoms with E-state index in [1.54, 1.807) is 6.07 Å². The highest BCUT2D eigenvalue weighted by atomic mass is 16.3. The number of phenols is 1. The van der Waals surface area contributed by atoms with E-state index in [9.17, 15) is 5.11 Å². The molecule has 4 nitrogen and oxygen atoms in total. The number of phenolic OH excluding ortho intramolecular Hbond substituents is 1. The van der Waals surface area contributed by atoms with Crippen molar-refractivity contribution in [2.45, 2.75) is 33.5 Å². The van der Waals surface area contributed by atoms with Gasteiger partial charge in [0.15, 0.2) is 0 Å². The zero-order valence-corrected chi connectivity index (χ0v) is 17.2. The van der Waals surface area contributed by atoms with Gasteiger partial charge in [0, 0.05) is 45.8 Å². The quantitative estimate of drug-likeness (QED) is 0.848. The Morgan fingerprint density at radius 3 is 2.37 bits per heavy atom. The zero-order chi connectivity index (χ0) is 19.4. The van der Waals surface area contributed by atoms with Gasteiger partial charge in [-0.15, -0.1) is 0 Å². The molecule has 1 fully saturated rings. The number of aryl methyl sites for hydroxylation is 1. The van der Waals surface area contributed by atoms with Crippen LogP contribution in [-0.2, 0) is 19.6 Å². The van der Waals surface area contributed by atoms with Gasteiger partial charge in [0.2, 0.25) is 0 Å². The molecule has 3 rings (SSSR count). The monoisotopic (exact) mass is 367 g/mol. The molecule has 0 bridgehead atoms. The third kappa shape index (κ3) is 5.55. The Kier molecular flexibility index (Phi) is 6.53. The number of benzene rings is 2. The topological polar surface area (TPSA) is 30.0 Å². The van der Waals surface area contributed by atoms with Crippen molar-refractivity contribution >= 4 is 0 Å². The summed E-state index contributed by atoms with van der Waals surface area (Å²) in [5.41, 5.74) is 6.76. The highest BCUT2D eigenvalue weighted by Gasteiger charge is 2.16. The van der Waals surface area contributed by atoms with Gasteiger partial charge in [-0.2, -0.15) is 0 Å². The van der Waals surface area contributed by atoms with Gasteiger partial charge in [-0.05, 0) is 62.3 Å². The first-order valence-corrected chi connectivity index (χ1v) is 9.87. The molecule has 146 valence electrons. The van der Waals surface area contributed by atoms with Crippen molar-refractivity contribution in [3.05, 3.63) is 64.2 Å². The molecule has 0 radical (unpaired) electrons. The van der Waals surface area contributed by atoms with E-state index >= 15 is 0 Å². The Bertz CT molecular complexity index is 766. The van der Waals surface area contributed by atoms with Gasteiger partial charge in [-0.25, -0.2) is 0 Å². The van der Waals surface area contributed by atoms with Gasteiger partial charge in [-0.3, -0.25) is 9.80 Å². The Balaban J connectivity index is 1.68. The Morgan fingerprint density at radius 2 is 1.67 bits per heavy atom. The molecule has 2 aromatic rings. The SMILES string of the molecule is Cc1cc(CN(C)Cc2cccc(O)c2)c(C)c(CN2CCN(C)CC2)c1. The average molecular weight is 368 g/mol. The van der Waals surface area contributed by atoms with Crippen molar-refractivity contribution in [3.8, 4) is 5.75 Å². The summed E-state index contributed by atoms with van der Waals surface area (Å²) < 4.78 is 0. The summed E-state index contributed by atoms with van der Waals surface area (Å²) in [7, 11) is 4.35. The third-order valence-corrected chi connectivity index (χ3v) is 5.56. The van der Waals surface area contributed by atoms with Crippen molar-refractivity contribution < 1.29 is 5.11 Å². The summed E-state index contributed by atoms with van der Waals surface area (Å²) >= 11 is 0. The fourth-order valence-corrected chi connectivity index (χ4v) is 3.90. The number of piperazine rings is 1. The van der Waals surface area contributed by atoms with Crippen LogP contribution >= 0.6 is 0 Å². The van der Waals surface area contributed by atoms with Gasteiger partial charge in [0.25, 0.3) is 0 Å². The van der Waals surface area contributed by atoms with Gasteiger partial charge in [0.05, 0.1) is 0 Å². The second-order valence-corrected chi connectivity index (χ2v) is 8.13. The molecule has 1 aliphatic rings. The maximum atomic E-state index is 9.68. The summed E-state index contributed by atoms with van der Waals surface area (Å²) in [6.45, 7) is 11.9. The lowest BCUT2D eigenvalue weighted by Gasteiger charge is -2.33. The summed E-state index contributed by atoms with van der Waals surface area (Å²) in [6.07, 6.45) is 0. The molecule has 0 aliphatic carbocycles. The third-order valence-electron chi connectivity index (χ3n) is 5.56. The molecule has 1 aliphatic heterocycles. The van der Waals surface area contributed by atoms with E-state index in [-0.39, 0.29) is 0 Å². The fourth-order valence-electron chi connectivity index (χ4n) is 3.90. The predicted molar refractivity (Wildman–Crippen MR) is 112 cm³/mol. The first kappa shape index (κ1) is 19.9. The smallest absolute Gasteiger partial charge is 0.115 e. The van der Waals surface area contributed by atoms with Crippen LogP contribution in [-0.4, -0.2) is 60.1 Å². The maximum Gasteiger partial charge on any atom is 0.115 e. The molecule has 1 heterocycles. The first-order chi connectivity index (χ1) is 12.9. The van der Waals surface area contributed by atoms with Crippen molar-refractivity contribution in [2.24, 2.45) is 0 Å². The summed E-state index contributed by atoms with van der Waals surface area (Å²) in [4.78, 5) is 7.29. The van der Waals surface area contributed by atoms with E-state index in [4.69, 9.17) is 0 Å². The van der Waals surface area contributed by atoms with Crippen molar-refractivity contribution in [2.75, 3.05) is 40.3 Å². The molecule has 2 aromatic carbocycles. The maximum absolute atomic E-state index is 9.68. The van der Waals surface area contributed by atoms with Crippen LogP contribution in [0.5, 0.6) is 5.75 Å². The molecule has 27 heavy (non-hydrogen) atoms. The lowest BCUT2D eigenvalue weighted by molar-refractivity contribution is 0.148. The van der Waals surface area contributed by atoms with E-state index in [1.807, 2.05) is 12.1 Å². The molecule has 0 spiro atoms. The molecule has 4 heteroatoms. The van der Waals surface area contributed by atoms with E-state index in [0.717, 1.165) is 51.4 Å². The summed E-state index contributed by atoms with van der Waals surface area (Å²) in [5.74, 6) is 0.335. The minimum Gasteiger partial charge on any atom is -0.508 e. The van der Waals surface area contributed by atoms with E-state index < -0.39 is 0 Å². The molecule has 0 unspecified atom stereocenters. The Labute approximate surface area is 164 Å². The van der Waals surface area contributed by atoms with Crippen LogP contribution in [0.3, 0.4) is 0 Å². The summed E-state index contributed by atoms with van der Waals surface area (Å²) in [6, 6.07) is 12.2. The number of hydrogen-bond donors (Lipinski definition) is 1. The van der Waals surface area contributed by atoms with E-state index in [1.165, 1.54) is 22.3 Å². The lowest BCUT2D eigenvalue weighted by atomic mass is 9.98. The van der Waals surface area contributed by atoms with E-state index in [0.29, 0.717) is 5.75 Å². The van der Waals surface area contributed by atoms with Gasteiger partial charge >= 0.3 is 0 Å². The number of likely N-dealkylation sites (N-methyl/N-ethyl adjacent to an activating group) is 1. The van der Waals surface area contributed by atoms with Crippen LogP contribution in [0.15, 0.2) is 36.4 Å². The average Bonchev–Trinajstić information content (AvgIpc) is 2.61. The second kappa shape index (κ2) is 8.87. The number of nitrogens with zero attached hydrogens (tertiary/aromatic N) is 3. The minimum atomic E-state index is 0.335. The standard InChI is InChI=1S/C23H33N3O/c1-18-12-21(16-25(4)15-20-6-5-7-23(27)14-20)19(2)22(13-18)17-26-10-8-24(3)9-11-26/h5-7,12-14,27H,8-11,15-17H2,1-4H3. The molecule has 0 atom stereocenters. The van der Waals surface area contributed by atoms with Crippen molar-refractivity contribution in [3.63, 3.8) is 0 Å². The highest BCUT2D eigenvalue weighted by molar-refractivity contribution is 5.38. The zero-order valence-electron chi connectivity index (χ0n) is 17.2. The lowest BCUT2D eigenvalue weighted by Crippen LogP contribution is -2.44. The number of hydrogen-bond acceptors (Lipinski definition) is 4. The largest absolute Gasteiger partial charge is 0.508 e. The van der Waals surface area contributed by atoms with Crippen molar-refractivity contribution in [1.82, 2.24) is 14.7 Å². The van der Waals surface area contributed by atoms with Crippen LogP contribution in [0.4, 0.5) is 0 Å². The predicted octanol–water partition coefficient (Wildman–Crippen LogP) is 3.39. The molecule has 0 aromatic heterocycles. The fraction of sp³-hybridized carbons (Fsp3) is 0.478. The first-order valence-electron chi connectivity index (χ1n) is 9.87. The van der Waals surface area contributed by atoms with Crippen LogP contribution in [0, 0.1) is 13.8 Å². The van der Waals surface area contributed by atoms with Crippen LogP contribution in [0.2, 0.25) is 0 Å². The van der Waals surface area contributed by atoms with Gasteiger partial charge in [0.1, 0.15) is 5.75 Å². The van der Waals surface area contributed by atoms with Gasteiger partial charge < -0.3 is 10.0 Å². The van der Waals surface area contributed by atoms with Crippen molar-refractivity contribution in [1.29, 1.82) is 0 Å². The van der Waals surface area contributed by atoms with Crippen LogP contribution in [0.1, 0.15) is 27.8 Å². The van der Waals surface area contributed by atoms with Crippen LogP contribution in [0.25, 0.3) is 0 Å². The Morgan fingerprint density at radius 1 is 0.963 bits per heavy atom. The summed E-state index contributed by atoms with van der Waals surface area (Å²) in [5, 5.41) is 9.68. The molecular formula is C23H33N3O. The minimum absolute atomic E-state index is 0.335. The number of aromatic hydroxyl groups is 1. The molecule has 0 amide bonds. The normalized spacial score (nSPS) is 16.2. The highest BCUT2D eigenvalue weighted by Crippen LogP contribution is 2.21. The van der Waals surface area contributed by atoms with E-state index in [2.05, 4.69) is 60.8 Å². The van der Waals surface area contributed by atoms with Crippen LogP contribution < -0.4 is 0 Å². The Hall–Kier alpha value is -1.88. The second-order valence-electron chi connectivity index (χ2n) is 8.13. The number of rotatable bonds is 6. The molecule has 1 saturated heterocycles. The molecular weight excluding hydrogens is 334 g/mol.